The Hall–Kier alpha value is -2.94. The second kappa shape index (κ2) is 9.13. The number of nitrogens with one attached hydrogen (secondary N) is 1. The highest BCUT2D eigenvalue weighted by atomic mass is 79.9. The molecule has 2 N–H and O–H groups in total. The van der Waals surface area contributed by atoms with Gasteiger partial charge in [-0.3, -0.25) is 4.79 Å². The van der Waals surface area contributed by atoms with Gasteiger partial charge in [0.25, 0.3) is 5.91 Å². The molecule has 0 aromatic heterocycles. The second-order valence-corrected chi connectivity index (χ2v) is 6.01. The zero-order valence-corrected chi connectivity index (χ0v) is 16.8. The van der Waals surface area contributed by atoms with Crippen molar-refractivity contribution < 1.29 is 28.8 Å². The third kappa shape index (κ3) is 4.62. The van der Waals surface area contributed by atoms with Gasteiger partial charge in [0.05, 0.1) is 34.7 Å². The van der Waals surface area contributed by atoms with E-state index in [9.17, 15) is 9.90 Å². The summed E-state index contributed by atoms with van der Waals surface area (Å²) in [6.45, 7) is 0. The number of methoxy groups -OCH3 is 4. The van der Waals surface area contributed by atoms with E-state index in [1.54, 1.807) is 6.07 Å². The van der Waals surface area contributed by atoms with Crippen LogP contribution in [0.4, 0.5) is 0 Å². The summed E-state index contributed by atoms with van der Waals surface area (Å²) in [5.41, 5.74) is 3.31. The van der Waals surface area contributed by atoms with Crippen LogP contribution >= 0.6 is 15.9 Å². The van der Waals surface area contributed by atoms with E-state index in [1.165, 1.54) is 52.9 Å². The van der Waals surface area contributed by atoms with Crippen LogP contribution in [0.2, 0.25) is 0 Å². The Bertz CT molecular complexity index is 844. The summed E-state index contributed by atoms with van der Waals surface area (Å²) in [5.74, 6) is 0.917. The Kier molecular flexibility index (Phi) is 6.89. The molecular weight excluding hydrogens is 420 g/mol. The van der Waals surface area contributed by atoms with E-state index in [1.807, 2.05) is 0 Å². The SMILES string of the molecule is COc1cc(/C=N/NC(=O)c2cc(OC)c(OC)c(OC)c2)c(Br)cc1O. The van der Waals surface area contributed by atoms with Gasteiger partial charge in [0.1, 0.15) is 0 Å². The molecular formula is C18H19BrN2O6. The van der Waals surface area contributed by atoms with Crippen LogP contribution in [0.15, 0.2) is 33.8 Å². The number of rotatable bonds is 7. The number of carbonyl (C=O) groups is 1. The molecule has 0 radical (unpaired) electrons. The van der Waals surface area contributed by atoms with Gasteiger partial charge in [0.2, 0.25) is 5.75 Å². The van der Waals surface area contributed by atoms with Crippen molar-refractivity contribution in [1.82, 2.24) is 5.43 Å². The minimum atomic E-state index is -0.465. The normalized spacial score (nSPS) is 10.6. The van der Waals surface area contributed by atoms with Crippen molar-refractivity contribution in [2.24, 2.45) is 5.10 Å². The number of phenolic OH excluding ortho intramolecular Hbond substituents is 1. The van der Waals surface area contributed by atoms with Crippen LogP contribution in [-0.4, -0.2) is 45.7 Å². The highest BCUT2D eigenvalue weighted by Crippen LogP contribution is 2.38. The van der Waals surface area contributed by atoms with E-state index in [0.717, 1.165) is 0 Å². The smallest absolute Gasteiger partial charge is 0.271 e. The van der Waals surface area contributed by atoms with Gasteiger partial charge < -0.3 is 24.1 Å². The van der Waals surface area contributed by atoms with E-state index < -0.39 is 5.91 Å². The largest absolute Gasteiger partial charge is 0.504 e. The average Bonchev–Trinajstić information content (AvgIpc) is 2.68. The highest BCUT2D eigenvalue weighted by molar-refractivity contribution is 9.10. The second-order valence-electron chi connectivity index (χ2n) is 5.16. The number of hydrogen-bond donors (Lipinski definition) is 2. The van der Waals surface area contributed by atoms with Crippen LogP contribution in [-0.2, 0) is 0 Å². The van der Waals surface area contributed by atoms with Crippen LogP contribution in [0.5, 0.6) is 28.7 Å². The van der Waals surface area contributed by atoms with Crippen LogP contribution < -0.4 is 24.4 Å². The molecule has 0 aliphatic rings. The lowest BCUT2D eigenvalue weighted by atomic mass is 10.1. The van der Waals surface area contributed by atoms with E-state index in [0.29, 0.717) is 27.3 Å². The Balaban J connectivity index is 2.22. The molecule has 0 spiro atoms. The molecule has 0 bridgehead atoms. The first-order chi connectivity index (χ1) is 12.9. The molecule has 2 rings (SSSR count). The van der Waals surface area contributed by atoms with Crippen molar-refractivity contribution in [2.75, 3.05) is 28.4 Å². The number of halogens is 1. The van der Waals surface area contributed by atoms with Crippen molar-refractivity contribution in [3.8, 4) is 28.7 Å². The number of amides is 1. The van der Waals surface area contributed by atoms with E-state index in [2.05, 4.69) is 26.5 Å². The van der Waals surface area contributed by atoms with E-state index in [-0.39, 0.29) is 17.1 Å². The maximum atomic E-state index is 12.4. The maximum absolute atomic E-state index is 12.4. The molecule has 1 amide bonds. The highest BCUT2D eigenvalue weighted by Gasteiger charge is 2.16. The fourth-order valence-electron chi connectivity index (χ4n) is 2.26. The van der Waals surface area contributed by atoms with Gasteiger partial charge in [0, 0.05) is 15.6 Å². The summed E-state index contributed by atoms with van der Waals surface area (Å²) in [7, 11) is 5.85. The summed E-state index contributed by atoms with van der Waals surface area (Å²) in [6, 6.07) is 6.09. The minimum absolute atomic E-state index is 0.0111. The predicted molar refractivity (Wildman–Crippen MR) is 104 cm³/mol. The van der Waals surface area contributed by atoms with Gasteiger partial charge in [-0.2, -0.15) is 5.10 Å². The molecule has 0 aliphatic heterocycles. The molecule has 8 nitrogen and oxygen atoms in total. The number of hydrazone groups is 1. The molecule has 0 fully saturated rings. The summed E-state index contributed by atoms with van der Waals surface area (Å²) < 4.78 is 21.3. The summed E-state index contributed by atoms with van der Waals surface area (Å²) in [6.07, 6.45) is 1.42. The first-order valence-corrected chi connectivity index (χ1v) is 8.44. The van der Waals surface area contributed by atoms with Crippen molar-refractivity contribution >= 4 is 28.1 Å². The van der Waals surface area contributed by atoms with Gasteiger partial charge >= 0.3 is 0 Å². The molecule has 9 heteroatoms. The molecule has 0 unspecified atom stereocenters. The quantitative estimate of drug-likeness (QED) is 0.509. The predicted octanol–water partition coefficient (Wildman–Crippen LogP) is 2.95. The molecule has 27 heavy (non-hydrogen) atoms. The molecule has 0 saturated carbocycles. The van der Waals surface area contributed by atoms with Crippen LogP contribution in [0.3, 0.4) is 0 Å². The molecule has 144 valence electrons. The van der Waals surface area contributed by atoms with Gasteiger partial charge in [-0.25, -0.2) is 5.43 Å². The zero-order valence-electron chi connectivity index (χ0n) is 15.2. The Morgan fingerprint density at radius 3 is 2.11 bits per heavy atom. The summed E-state index contributed by atoms with van der Waals surface area (Å²) >= 11 is 3.31. The monoisotopic (exact) mass is 438 g/mol. The standard InChI is InChI=1S/C18H19BrN2O6/c1-24-14-7-11(12(19)8-13(14)22)9-20-21-18(23)10-5-15(25-2)17(27-4)16(6-10)26-3/h5-9,22H,1-4H3,(H,21,23)/b20-9+. The minimum Gasteiger partial charge on any atom is -0.504 e. The van der Waals surface area contributed by atoms with Crippen molar-refractivity contribution in [3.05, 3.63) is 39.9 Å². The molecule has 0 aliphatic carbocycles. The maximum Gasteiger partial charge on any atom is 0.271 e. The van der Waals surface area contributed by atoms with E-state index in [4.69, 9.17) is 18.9 Å². The van der Waals surface area contributed by atoms with Crippen LogP contribution in [0.1, 0.15) is 15.9 Å². The lowest BCUT2D eigenvalue weighted by Crippen LogP contribution is -2.18. The van der Waals surface area contributed by atoms with Crippen LogP contribution in [0, 0.1) is 0 Å². The van der Waals surface area contributed by atoms with Gasteiger partial charge in [0.15, 0.2) is 23.0 Å². The Morgan fingerprint density at radius 2 is 1.59 bits per heavy atom. The number of nitrogens with zero attached hydrogens (tertiary/aromatic N) is 1. The summed E-state index contributed by atoms with van der Waals surface area (Å²) in [5, 5.41) is 13.6. The first kappa shape index (κ1) is 20.4. The summed E-state index contributed by atoms with van der Waals surface area (Å²) in [4.78, 5) is 12.4. The van der Waals surface area contributed by atoms with E-state index >= 15 is 0 Å². The number of benzene rings is 2. The third-order valence-corrected chi connectivity index (χ3v) is 4.28. The Morgan fingerprint density at radius 1 is 1.00 bits per heavy atom. The Labute approximate surface area is 164 Å². The molecule has 2 aromatic carbocycles. The average molecular weight is 439 g/mol. The molecule has 0 atom stereocenters. The topological polar surface area (TPSA) is 98.6 Å². The van der Waals surface area contributed by atoms with Crippen LogP contribution in [0.25, 0.3) is 0 Å². The number of hydrogen-bond acceptors (Lipinski definition) is 7. The molecule has 2 aromatic rings. The number of aromatic hydroxyl groups is 1. The zero-order chi connectivity index (χ0) is 20.0. The third-order valence-electron chi connectivity index (χ3n) is 3.59. The van der Waals surface area contributed by atoms with Gasteiger partial charge in [-0.05, 0) is 40.2 Å². The number of ether oxygens (including phenoxy) is 4. The van der Waals surface area contributed by atoms with Gasteiger partial charge in [-0.1, -0.05) is 0 Å². The molecule has 0 heterocycles. The first-order valence-electron chi connectivity index (χ1n) is 7.65. The van der Waals surface area contributed by atoms with Crippen molar-refractivity contribution in [3.63, 3.8) is 0 Å². The number of carbonyl (C=O) groups excluding carboxylic acids is 1. The van der Waals surface area contributed by atoms with Gasteiger partial charge in [-0.15, -0.1) is 0 Å². The lowest BCUT2D eigenvalue weighted by Gasteiger charge is -2.13. The molecule has 0 saturated heterocycles. The van der Waals surface area contributed by atoms with Crippen molar-refractivity contribution in [2.45, 2.75) is 0 Å². The van der Waals surface area contributed by atoms with Crippen molar-refractivity contribution in [1.29, 1.82) is 0 Å². The fraction of sp³-hybridized carbons (Fsp3) is 0.222. The number of phenols is 1. The lowest BCUT2D eigenvalue weighted by molar-refractivity contribution is 0.0954. The fourth-order valence-corrected chi connectivity index (χ4v) is 2.69.